The maximum atomic E-state index is 14.6. The van der Waals surface area contributed by atoms with Gasteiger partial charge in [0.05, 0.1) is 18.1 Å². The number of nitrogens with one attached hydrogen (secondary N) is 3. The van der Waals surface area contributed by atoms with Crippen molar-refractivity contribution >= 4 is 38.3 Å². The van der Waals surface area contributed by atoms with Crippen LogP contribution >= 0.6 is 0 Å². The lowest BCUT2D eigenvalue weighted by atomic mass is 9.79. The van der Waals surface area contributed by atoms with Crippen molar-refractivity contribution in [3.8, 4) is 5.75 Å². The average molecular weight is 835 g/mol. The molecular formula is C45H66N4O9Si. The van der Waals surface area contributed by atoms with Gasteiger partial charge in [0, 0.05) is 31.7 Å². The minimum absolute atomic E-state index is 0.0376. The molecule has 4 aliphatic rings. The van der Waals surface area contributed by atoms with Crippen LogP contribution in [0.4, 0.5) is 0 Å². The molecule has 5 bridgehead atoms. The standard InChI is InChI=1S/C45H66N4O9Si/c1-28(2)38-41(52)46-35(27-31-16-14-17-32(26-31)58-59(9,10)44(5,6)7)42(53)49-24-15-18-34(48-49)43(54)55-36(29(3)22-25-50)19-12-11-13-20-37-30(4)39-33(40(51)47-38)21-23-45(8,56-37)57-39/h11-14,16-17,20,22,25-26,28,30,33-39,48H,15,18-19,21,23-24,27H2,1-10H3,(H,46,52)(H,47,51)/b12-11+,20-13+,29-22+/t30-,33+,34-,35-,36-,37-,38-,39+,45+/m0/s1. The second kappa shape index (κ2) is 19.1. The minimum Gasteiger partial charge on any atom is -0.543 e. The predicted molar refractivity (Wildman–Crippen MR) is 227 cm³/mol. The summed E-state index contributed by atoms with van der Waals surface area (Å²) in [7, 11) is -2.19. The van der Waals surface area contributed by atoms with Gasteiger partial charge in [-0.05, 0) is 86.5 Å². The molecule has 4 heterocycles. The number of ether oxygens (including phenoxy) is 3. The lowest BCUT2D eigenvalue weighted by molar-refractivity contribution is -0.344. The van der Waals surface area contributed by atoms with Gasteiger partial charge >= 0.3 is 5.97 Å². The van der Waals surface area contributed by atoms with Gasteiger partial charge in [-0.2, -0.15) is 0 Å². The number of nitrogens with zero attached hydrogens (tertiary/aromatic N) is 1. The molecule has 0 aromatic heterocycles. The molecule has 1 aromatic rings. The first-order valence-electron chi connectivity index (χ1n) is 21.2. The van der Waals surface area contributed by atoms with E-state index in [1.165, 1.54) is 11.1 Å². The van der Waals surface area contributed by atoms with Crippen molar-refractivity contribution in [2.45, 2.75) is 154 Å². The molecule has 14 heteroatoms. The predicted octanol–water partition coefficient (Wildman–Crippen LogP) is 5.85. The summed E-state index contributed by atoms with van der Waals surface area (Å²) in [4.78, 5) is 68.3. The third-order valence-electron chi connectivity index (χ3n) is 12.6. The maximum absolute atomic E-state index is 14.6. The zero-order chi connectivity index (χ0) is 43.3. The Labute approximate surface area is 351 Å². The van der Waals surface area contributed by atoms with Gasteiger partial charge in [-0.15, -0.1) is 0 Å². The number of rotatable bonds is 7. The molecule has 9 atom stereocenters. The summed E-state index contributed by atoms with van der Waals surface area (Å²) in [5, 5.41) is 7.40. The first kappa shape index (κ1) is 46.0. The topological polar surface area (TPSA) is 162 Å². The first-order chi connectivity index (χ1) is 27.7. The van der Waals surface area contributed by atoms with Gasteiger partial charge in [-0.1, -0.05) is 78.0 Å². The smallest absolute Gasteiger partial charge is 0.325 e. The monoisotopic (exact) mass is 834 g/mol. The number of amides is 3. The van der Waals surface area contributed by atoms with Crippen molar-refractivity contribution < 1.29 is 42.6 Å². The molecule has 0 aliphatic carbocycles. The van der Waals surface area contributed by atoms with E-state index in [2.05, 4.69) is 49.9 Å². The van der Waals surface area contributed by atoms with E-state index in [1.807, 2.05) is 76.3 Å². The molecule has 3 N–H and O–H groups in total. The van der Waals surface area contributed by atoms with Crippen molar-refractivity contribution in [1.29, 1.82) is 0 Å². The van der Waals surface area contributed by atoms with Crippen molar-refractivity contribution in [1.82, 2.24) is 21.1 Å². The van der Waals surface area contributed by atoms with Crippen LogP contribution in [0.15, 0.2) is 60.2 Å². The minimum atomic E-state index is -2.19. The van der Waals surface area contributed by atoms with Crippen LogP contribution in [0.1, 0.15) is 93.1 Å². The molecule has 5 rings (SSSR count). The SMILES string of the molecule is C/C(=C\C=O)[C@@H]1C/C=C/C=C/[C@@H]2O[C@@]3(C)CC[C@@H](C(=O)N[C@@H](C(C)C)C(=O)N[C@@H](Cc4cccc(O[Si](C)(C)C(C)(C)C)c4)C(=O)N4CCC[C@H](N4)C(=O)O1)[C@H](O3)[C@H]2C. The summed E-state index contributed by atoms with van der Waals surface area (Å²) in [5.41, 5.74) is 4.43. The van der Waals surface area contributed by atoms with Crippen LogP contribution in [0.2, 0.25) is 18.1 Å². The largest absolute Gasteiger partial charge is 0.543 e. The lowest BCUT2D eigenvalue weighted by Gasteiger charge is -2.51. The van der Waals surface area contributed by atoms with E-state index in [0.29, 0.717) is 56.3 Å². The Morgan fingerprint density at radius 2 is 1.81 bits per heavy atom. The summed E-state index contributed by atoms with van der Waals surface area (Å²) >= 11 is 0. The molecule has 0 spiro atoms. The van der Waals surface area contributed by atoms with Crippen LogP contribution < -0.4 is 20.5 Å². The van der Waals surface area contributed by atoms with Crippen molar-refractivity contribution in [3.05, 3.63) is 65.8 Å². The van der Waals surface area contributed by atoms with Crippen molar-refractivity contribution in [2.75, 3.05) is 6.54 Å². The number of hydrogen-bond acceptors (Lipinski definition) is 10. The number of cyclic esters (lactones) is 1. The second-order valence-electron chi connectivity index (χ2n) is 18.6. The third-order valence-corrected chi connectivity index (χ3v) is 16.9. The Hall–Kier alpha value is -4.11. The quantitative estimate of drug-likeness (QED) is 0.132. The number of hydrogen-bond donors (Lipinski definition) is 3. The van der Waals surface area contributed by atoms with E-state index in [0.717, 1.165) is 5.56 Å². The highest BCUT2D eigenvalue weighted by Crippen LogP contribution is 2.44. The van der Waals surface area contributed by atoms with Gasteiger partial charge < -0.3 is 29.3 Å². The highest BCUT2D eigenvalue weighted by atomic mass is 28.4. The number of allylic oxidation sites excluding steroid dienone is 3. The van der Waals surface area contributed by atoms with Gasteiger partial charge in [0.15, 0.2) is 5.79 Å². The van der Waals surface area contributed by atoms with E-state index in [-0.39, 0.29) is 35.3 Å². The number of fused-ring (bicyclic) bond motifs is 4. The number of carbonyl (C=O) groups excluding carboxylic acids is 5. The van der Waals surface area contributed by atoms with Crippen molar-refractivity contribution in [2.24, 2.45) is 17.8 Å². The number of benzene rings is 1. The highest BCUT2D eigenvalue weighted by molar-refractivity contribution is 6.74. The van der Waals surface area contributed by atoms with Crippen molar-refractivity contribution in [3.63, 3.8) is 0 Å². The zero-order valence-corrected chi connectivity index (χ0v) is 37.5. The number of hydrazine groups is 1. The Morgan fingerprint density at radius 3 is 2.51 bits per heavy atom. The molecule has 3 saturated heterocycles. The van der Waals surface area contributed by atoms with Gasteiger partial charge in [-0.25, -0.2) is 5.43 Å². The molecule has 0 unspecified atom stereocenters. The van der Waals surface area contributed by atoms with Gasteiger partial charge in [-0.3, -0.25) is 29.0 Å². The molecule has 3 fully saturated rings. The van der Waals surface area contributed by atoms with Gasteiger partial charge in [0.2, 0.25) is 20.1 Å². The van der Waals surface area contributed by atoms with E-state index in [4.69, 9.17) is 18.6 Å². The van der Waals surface area contributed by atoms with Gasteiger partial charge in [0.1, 0.15) is 36.3 Å². The fourth-order valence-corrected chi connectivity index (χ4v) is 8.87. The van der Waals surface area contributed by atoms with Crippen LogP contribution in [0, 0.1) is 17.8 Å². The summed E-state index contributed by atoms with van der Waals surface area (Å²) < 4.78 is 25.4. The zero-order valence-electron chi connectivity index (χ0n) is 36.5. The van der Waals surface area contributed by atoms with E-state index in [9.17, 15) is 24.0 Å². The second-order valence-corrected chi connectivity index (χ2v) is 23.4. The molecule has 0 saturated carbocycles. The average Bonchev–Trinajstić information content (AvgIpc) is 3.16. The van der Waals surface area contributed by atoms with Crippen LogP contribution in [0.5, 0.6) is 5.75 Å². The molecule has 0 radical (unpaired) electrons. The third kappa shape index (κ3) is 11.4. The fraction of sp³-hybridized carbons (Fsp3) is 0.622. The highest BCUT2D eigenvalue weighted by Gasteiger charge is 2.52. The molecule has 59 heavy (non-hydrogen) atoms. The Morgan fingerprint density at radius 1 is 1.07 bits per heavy atom. The van der Waals surface area contributed by atoms with E-state index < -0.39 is 68.1 Å². The number of carbonyl (C=O) groups is 5. The van der Waals surface area contributed by atoms with Crippen LogP contribution in [0.25, 0.3) is 0 Å². The molecule has 4 aliphatic heterocycles. The van der Waals surface area contributed by atoms with E-state index in [1.54, 1.807) is 6.92 Å². The molecular weight excluding hydrogens is 769 g/mol. The maximum Gasteiger partial charge on any atom is 0.325 e. The summed E-state index contributed by atoms with van der Waals surface area (Å²) in [6, 6.07) is 4.71. The number of aldehydes is 1. The van der Waals surface area contributed by atoms with Gasteiger partial charge in [0.25, 0.3) is 5.91 Å². The lowest BCUT2D eigenvalue weighted by Crippen LogP contribution is -2.63. The summed E-state index contributed by atoms with van der Waals surface area (Å²) in [6.45, 7) is 20.5. The molecule has 3 amide bonds. The normalized spacial score (nSPS) is 32.9. The van der Waals surface area contributed by atoms with Crippen LogP contribution in [-0.4, -0.2) is 92.1 Å². The number of esters is 1. The summed E-state index contributed by atoms with van der Waals surface area (Å²) in [5.74, 6) is -3.01. The Balaban J connectivity index is 1.50. The van der Waals surface area contributed by atoms with E-state index >= 15 is 0 Å². The molecule has 324 valence electrons. The first-order valence-corrected chi connectivity index (χ1v) is 24.1. The van der Waals surface area contributed by atoms with Crippen LogP contribution in [-0.2, 0) is 44.6 Å². The van der Waals surface area contributed by atoms with Crippen LogP contribution in [0.3, 0.4) is 0 Å². The Bertz CT molecular complexity index is 1800. The Kier molecular flexibility index (Phi) is 14.9. The fourth-order valence-electron chi connectivity index (χ4n) is 7.85. The molecule has 1 aromatic carbocycles. The molecule has 13 nitrogen and oxygen atoms in total. The summed E-state index contributed by atoms with van der Waals surface area (Å²) in [6.07, 6.45) is 10.4.